The van der Waals surface area contributed by atoms with E-state index in [0.717, 1.165) is 43.3 Å². The average molecular weight is 293 g/mol. The number of rotatable bonds is 3. The zero-order chi connectivity index (χ0) is 15.6. The van der Waals surface area contributed by atoms with Gasteiger partial charge in [0.15, 0.2) is 0 Å². The second-order valence-corrected chi connectivity index (χ2v) is 6.59. The summed E-state index contributed by atoms with van der Waals surface area (Å²) in [5.41, 5.74) is 3.57. The van der Waals surface area contributed by atoms with Crippen LogP contribution in [0.15, 0.2) is 0 Å². The first kappa shape index (κ1) is 16.0. The van der Waals surface area contributed by atoms with Gasteiger partial charge in [-0.2, -0.15) is 0 Å². The van der Waals surface area contributed by atoms with Crippen LogP contribution in [0.5, 0.6) is 0 Å². The van der Waals surface area contributed by atoms with Gasteiger partial charge in [-0.25, -0.2) is 15.8 Å². The third kappa shape index (κ3) is 3.44. The van der Waals surface area contributed by atoms with Crippen LogP contribution in [0, 0.1) is 6.92 Å². The van der Waals surface area contributed by atoms with Gasteiger partial charge in [-0.05, 0) is 13.3 Å². The predicted molar refractivity (Wildman–Crippen MR) is 85.5 cm³/mol. The second-order valence-electron chi connectivity index (χ2n) is 6.59. The lowest BCUT2D eigenvalue weighted by Gasteiger charge is -2.35. The lowest BCUT2D eigenvalue weighted by atomic mass is 9.95. The Labute approximate surface area is 127 Å². The molecule has 0 amide bonds. The van der Waals surface area contributed by atoms with Crippen molar-refractivity contribution in [3.05, 3.63) is 11.4 Å². The molecule has 2 rings (SSSR count). The molecule has 21 heavy (non-hydrogen) atoms. The highest BCUT2D eigenvalue weighted by atomic mass is 16.5. The van der Waals surface area contributed by atoms with Crippen molar-refractivity contribution < 1.29 is 4.74 Å². The summed E-state index contributed by atoms with van der Waals surface area (Å²) >= 11 is 0. The van der Waals surface area contributed by atoms with Crippen molar-refractivity contribution in [2.24, 2.45) is 5.84 Å². The van der Waals surface area contributed by atoms with Crippen molar-refractivity contribution in [2.45, 2.75) is 52.6 Å². The number of anilines is 2. The van der Waals surface area contributed by atoms with Crippen molar-refractivity contribution in [1.82, 2.24) is 9.97 Å². The van der Waals surface area contributed by atoms with E-state index in [2.05, 4.69) is 43.0 Å². The molecule has 0 bridgehead atoms. The largest absolute Gasteiger partial charge is 0.375 e. The van der Waals surface area contributed by atoms with Crippen molar-refractivity contribution in [3.63, 3.8) is 0 Å². The van der Waals surface area contributed by atoms with Crippen LogP contribution in [-0.4, -0.2) is 35.8 Å². The fraction of sp³-hybridized carbons (Fsp3) is 0.733. The van der Waals surface area contributed by atoms with Crippen molar-refractivity contribution >= 4 is 11.6 Å². The maximum atomic E-state index is 5.75. The number of nitrogens with one attached hydrogen (secondary N) is 1. The summed E-state index contributed by atoms with van der Waals surface area (Å²) in [5.74, 6) is 8.09. The minimum Gasteiger partial charge on any atom is -0.375 e. The Morgan fingerprint density at radius 1 is 1.38 bits per heavy atom. The third-order valence-corrected chi connectivity index (χ3v) is 3.82. The highest BCUT2D eigenvalue weighted by Crippen LogP contribution is 2.29. The Hall–Kier alpha value is -1.40. The molecule has 0 aromatic carbocycles. The van der Waals surface area contributed by atoms with E-state index in [1.165, 1.54) is 0 Å². The maximum Gasteiger partial charge on any atom is 0.148 e. The molecule has 118 valence electrons. The zero-order valence-electron chi connectivity index (χ0n) is 13.7. The van der Waals surface area contributed by atoms with Crippen molar-refractivity contribution in [3.8, 4) is 0 Å². The number of nitrogens with two attached hydrogens (primary N) is 1. The molecule has 1 fully saturated rings. The first-order valence-electron chi connectivity index (χ1n) is 7.59. The Bertz CT molecular complexity index is 498. The number of nitrogen functional groups attached to an aromatic ring is 1. The van der Waals surface area contributed by atoms with E-state index in [0.29, 0.717) is 5.82 Å². The highest BCUT2D eigenvalue weighted by Gasteiger charge is 2.26. The van der Waals surface area contributed by atoms with E-state index in [1.54, 1.807) is 0 Å². The van der Waals surface area contributed by atoms with Crippen LogP contribution in [0.4, 0.5) is 11.6 Å². The molecule has 0 radical (unpaired) electrons. The van der Waals surface area contributed by atoms with Gasteiger partial charge in [0.1, 0.15) is 17.5 Å². The zero-order valence-corrected chi connectivity index (χ0v) is 13.7. The monoisotopic (exact) mass is 293 g/mol. The molecule has 1 aliphatic rings. The van der Waals surface area contributed by atoms with E-state index < -0.39 is 0 Å². The van der Waals surface area contributed by atoms with E-state index >= 15 is 0 Å². The van der Waals surface area contributed by atoms with Crippen LogP contribution in [0.3, 0.4) is 0 Å². The van der Waals surface area contributed by atoms with Gasteiger partial charge in [0.25, 0.3) is 0 Å². The molecule has 0 spiro atoms. The van der Waals surface area contributed by atoms with Gasteiger partial charge in [0.05, 0.1) is 12.7 Å². The lowest BCUT2D eigenvalue weighted by molar-refractivity contribution is 0.0381. The molecule has 6 nitrogen and oxygen atoms in total. The average Bonchev–Trinajstić information content (AvgIpc) is 2.46. The predicted octanol–water partition coefficient (Wildman–Crippen LogP) is 1.98. The molecule has 6 heteroatoms. The number of hydrogen-bond donors (Lipinski definition) is 2. The molecule has 0 aliphatic carbocycles. The van der Waals surface area contributed by atoms with Gasteiger partial charge in [-0.1, -0.05) is 27.7 Å². The van der Waals surface area contributed by atoms with Gasteiger partial charge in [-0.3, -0.25) is 0 Å². The lowest BCUT2D eigenvalue weighted by Crippen LogP contribution is -2.43. The van der Waals surface area contributed by atoms with Crippen LogP contribution in [0.2, 0.25) is 0 Å². The Morgan fingerprint density at radius 2 is 2.10 bits per heavy atom. The summed E-state index contributed by atoms with van der Waals surface area (Å²) in [7, 11) is 0. The Kier molecular flexibility index (Phi) is 4.68. The number of nitrogens with zero attached hydrogens (tertiary/aromatic N) is 3. The van der Waals surface area contributed by atoms with Crippen molar-refractivity contribution in [2.75, 3.05) is 30.0 Å². The van der Waals surface area contributed by atoms with Crippen LogP contribution in [-0.2, 0) is 10.2 Å². The molecule has 1 aliphatic heterocycles. The number of aromatic nitrogens is 2. The molecule has 1 aromatic heterocycles. The van der Waals surface area contributed by atoms with Crippen LogP contribution in [0.25, 0.3) is 0 Å². The van der Waals surface area contributed by atoms with Gasteiger partial charge < -0.3 is 15.1 Å². The minimum absolute atomic E-state index is 0.121. The maximum absolute atomic E-state index is 5.75. The van der Waals surface area contributed by atoms with E-state index in [1.807, 2.05) is 6.92 Å². The Balaban J connectivity index is 2.41. The second kappa shape index (κ2) is 6.15. The smallest absolute Gasteiger partial charge is 0.148 e. The van der Waals surface area contributed by atoms with Gasteiger partial charge >= 0.3 is 0 Å². The molecule has 1 saturated heterocycles. The number of hydrogen-bond acceptors (Lipinski definition) is 6. The standard InChI is InChI=1S/C15H27N5O/c1-6-11-9-20(7-8-21-11)13-10(2)12(19-16)17-14(18-13)15(3,4)5/h11H,6-9,16H2,1-5H3,(H,17,18,19). The molecule has 1 unspecified atom stereocenters. The number of ether oxygens (including phenoxy) is 1. The van der Waals surface area contributed by atoms with Crippen LogP contribution in [0.1, 0.15) is 45.5 Å². The van der Waals surface area contributed by atoms with E-state index in [-0.39, 0.29) is 11.5 Å². The summed E-state index contributed by atoms with van der Waals surface area (Å²) in [6.07, 6.45) is 1.27. The molecule has 2 heterocycles. The molecule has 3 N–H and O–H groups in total. The van der Waals surface area contributed by atoms with Crippen LogP contribution >= 0.6 is 0 Å². The van der Waals surface area contributed by atoms with Gasteiger partial charge in [-0.15, -0.1) is 0 Å². The summed E-state index contributed by atoms with van der Waals surface area (Å²) in [4.78, 5) is 11.6. The number of hydrazine groups is 1. The molecule has 1 aromatic rings. The molecular weight excluding hydrogens is 266 g/mol. The quantitative estimate of drug-likeness (QED) is 0.655. The SMILES string of the molecule is CCC1CN(c2nc(C(C)(C)C)nc(NN)c2C)CCO1. The van der Waals surface area contributed by atoms with E-state index in [9.17, 15) is 0 Å². The first-order chi connectivity index (χ1) is 9.86. The number of morpholine rings is 1. The van der Waals surface area contributed by atoms with Crippen LogP contribution < -0.4 is 16.2 Å². The first-order valence-corrected chi connectivity index (χ1v) is 7.59. The fourth-order valence-corrected chi connectivity index (χ4v) is 2.45. The summed E-state index contributed by atoms with van der Waals surface area (Å²) in [6.45, 7) is 12.9. The molecular formula is C15H27N5O. The third-order valence-electron chi connectivity index (χ3n) is 3.82. The summed E-state index contributed by atoms with van der Waals surface area (Å²) in [6, 6.07) is 0. The van der Waals surface area contributed by atoms with Crippen molar-refractivity contribution in [1.29, 1.82) is 0 Å². The molecule has 0 saturated carbocycles. The van der Waals surface area contributed by atoms with Gasteiger partial charge in [0, 0.05) is 24.1 Å². The normalized spacial score (nSPS) is 19.7. The fourth-order valence-electron chi connectivity index (χ4n) is 2.45. The topological polar surface area (TPSA) is 76.3 Å². The van der Waals surface area contributed by atoms with Gasteiger partial charge in [0.2, 0.25) is 0 Å². The minimum atomic E-state index is -0.121. The highest BCUT2D eigenvalue weighted by molar-refractivity contribution is 5.58. The summed E-state index contributed by atoms with van der Waals surface area (Å²) in [5, 5.41) is 0. The van der Waals surface area contributed by atoms with E-state index in [4.69, 9.17) is 15.6 Å². The Morgan fingerprint density at radius 3 is 2.67 bits per heavy atom. The summed E-state index contributed by atoms with van der Waals surface area (Å²) < 4.78 is 5.75. The molecule has 1 atom stereocenters.